The van der Waals surface area contributed by atoms with Crippen LogP contribution >= 0.6 is 11.8 Å². The SMILES string of the molecule is CCCN1C(=O)/C(=C/c2ccccc2OC)SC1=Nc1ccccc1. The molecule has 1 aliphatic heterocycles. The third-order valence-corrected chi connectivity index (χ3v) is 4.75. The van der Waals surface area contributed by atoms with E-state index < -0.39 is 0 Å². The summed E-state index contributed by atoms with van der Waals surface area (Å²) in [7, 11) is 1.63. The minimum Gasteiger partial charge on any atom is -0.496 e. The maximum atomic E-state index is 12.8. The fourth-order valence-electron chi connectivity index (χ4n) is 2.55. The lowest BCUT2D eigenvalue weighted by atomic mass is 10.2. The van der Waals surface area contributed by atoms with Crippen molar-refractivity contribution in [3.63, 3.8) is 0 Å². The van der Waals surface area contributed by atoms with Gasteiger partial charge in [-0.15, -0.1) is 0 Å². The van der Waals surface area contributed by atoms with E-state index in [2.05, 4.69) is 11.9 Å². The fourth-order valence-corrected chi connectivity index (χ4v) is 3.57. The zero-order chi connectivity index (χ0) is 17.6. The van der Waals surface area contributed by atoms with Crippen LogP contribution in [0, 0.1) is 0 Å². The van der Waals surface area contributed by atoms with Gasteiger partial charge >= 0.3 is 0 Å². The molecule has 0 atom stereocenters. The van der Waals surface area contributed by atoms with Gasteiger partial charge in [-0.1, -0.05) is 43.3 Å². The van der Waals surface area contributed by atoms with Crippen LogP contribution in [0.4, 0.5) is 5.69 Å². The first kappa shape index (κ1) is 17.3. The van der Waals surface area contributed by atoms with Crippen LogP contribution in [0.3, 0.4) is 0 Å². The molecule has 5 heteroatoms. The second-order valence-corrected chi connectivity index (χ2v) is 6.55. The number of aliphatic imine (C=N–C) groups is 1. The van der Waals surface area contributed by atoms with Crippen LogP contribution in [0.1, 0.15) is 18.9 Å². The van der Waals surface area contributed by atoms with Gasteiger partial charge in [-0.25, -0.2) is 4.99 Å². The van der Waals surface area contributed by atoms with Crippen molar-refractivity contribution in [2.75, 3.05) is 13.7 Å². The number of carbonyl (C=O) groups excluding carboxylic acids is 1. The predicted molar refractivity (Wildman–Crippen MR) is 104 cm³/mol. The first-order valence-electron chi connectivity index (χ1n) is 8.21. The molecule has 128 valence electrons. The van der Waals surface area contributed by atoms with Gasteiger partial charge in [0.25, 0.3) is 5.91 Å². The van der Waals surface area contributed by atoms with Crippen molar-refractivity contribution >= 4 is 34.6 Å². The highest BCUT2D eigenvalue weighted by atomic mass is 32.2. The Hall–Kier alpha value is -2.53. The molecule has 0 N–H and O–H groups in total. The van der Waals surface area contributed by atoms with E-state index in [-0.39, 0.29) is 5.91 Å². The molecule has 1 heterocycles. The van der Waals surface area contributed by atoms with Crippen LogP contribution in [0.25, 0.3) is 6.08 Å². The van der Waals surface area contributed by atoms with Crippen molar-refractivity contribution in [1.82, 2.24) is 4.90 Å². The fraction of sp³-hybridized carbons (Fsp3) is 0.200. The lowest BCUT2D eigenvalue weighted by Crippen LogP contribution is -2.29. The number of amides is 1. The van der Waals surface area contributed by atoms with Gasteiger partial charge in [0.2, 0.25) is 0 Å². The van der Waals surface area contributed by atoms with Crippen molar-refractivity contribution in [1.29, 1.82) is 0 Å². The number of thioether (sulfide) groups is 1. The summed E-state index contributed by atoms with van der Waals surface area (Å²) in [6.07, 6.45) is 2.75. The zero-order valence-corrected chi connectivity index (χ0v) is 15.1. The van der Waals surface area contributed by atoms with E-state index >= 15 is 0 Å². The van der Waals surface area contributed by atoms with Crippen molar-refractivity contribution in [2.45, 2.75) is 13.3 Å². The average molecular weight is 352 g/mol. The van der Waals surface area contributed by atoms with Crippen LogP contribution in [0.5, 0.6) is 5.75 Å². The van der Waals surface area contributed by atoms with Gasteiger partial charge in [-0.2, -0.15) is 0 Å². The molecule has 0 unspecified atom stereocenters. The topological polar surface area (TPSA) is 41.9 Å². The average Bonchev–Trinajstić information content (AvgIpc) is 2.92. The lowest BCUT2D eigenvalue weighted by Gasteiger charge is -2.13. The smallest absolute Gasteiger partial charge is 0.266 e. The standard InChI is InChI=1S/C20H20N2O2S/c1-3-13-22-19(23)18(14-15-9-7-8-12-17(15)24-2)25-20(22)21-16-10-5-4-6-11-16/h4-12,14H,3,13H2,1-2H3/b18-14-,21-20?. The number of hydrogen-bond acceptors (Lipinski definition) is 4. The molecule has 4 nitrogen and oxygen atoms in total. The molecule has 0 spiro atoms. The highest BCUT2D eigenvalue weighted by Crippen LogP contribution is 2.35. The van der Waals surface area contributed by atoms with Gasteiger partial charge in [0, 0.05) is 12.1 Å². The third kappa shape index (κ3) is 3.94. The first-order chi connectivity index (χ1) is 12.2. The summed E-state index contributed by atoms with van der Waals surface area (Å²) in [4.78, 5) is 19.9. The van der Waals surface area contributed by atoms with Crippen LogP contribution in [-0.4, -0.2) is 29.6 Å². The van der Waals surface area contributed by atoms with Gasteiger partial charge in [-0.05, 0) is 42.5 Å². The number of para-hydroxylation sites is 2. The van der Waals surface area contributed by atoms with Gasteiger partial charge in [-0.3, -0.25) is 9.69 Å². The summed E-state index contributed by atoms with van der Waals surface area (Å²) in [5.74, 6) is 0.742. The summed E-state index contributed by atoms with van der Waals surface area (Å²) in [5, 5.41) is 0.721. The van der Waals surface area contributed by atoms with E-state index in [9.17, 15) is 4.79 Å². The number of rotatable bonds is 5. The number of hydrogen-bond donors (Lipinski definition) is 0. The van der Waals surface area contributed by atoms with Crippen molar-refractivity contribution in [3.8, 4) is 5.75 Å². The van der Waals surface area contributed by atoms with Crippen LogP contribution in [-0.2, 0) is 4.79 Å². The Kier molecular flexibility index (Phi) is 5.56. The molecule has 0 saturated carbocycles. The van der Waals surface area contributed by atoms with E-state index in [1.54, 1.807) is 12.0 Å². The van der Waals surface area contributed by atoms with Gasteiger partial charge in [0.15, 0.2) is 5.17 Å². The summed E-state index contributed by atoms with van der Waals surface area (Å²) in [6, 6.07) is 17.4. The molecule has 0 radical (unpaired) electrons. The van der Waals surface area contributed by atoms with Crippen molar-refractivity contribution in [2.24, 2.45) is 4.99 Å². The minimum atomic E-state index is -0.00700. The molecule has 2 aromatic carbocycles. The Labute approximate surface area is 152 Å². The van der Waals surface area contributed by atoms with Gasteiger partial charge < -0.3 is 4.74 Å². The molecule has 0 aromatic heterocycles. The number of carbonyl (C=O) groups is 1. The molecule has 0 bridgehead atoms. The van der Waals surface area contributed by atoms with Crippen LogP contribution in [0.15, 0.2) is 64.5 Å². The minimum absolute atomic E-state index is 0.00700. The Bertz CT molecular complexity index is 815. The molecule has 2 aromatic rings. The largest absolute Gasteiger partial charge is 0.496 e. The predicted octanol–water partition coefficient (Wildman–Crippen LogP) is 4.71. The number of methoxy groups -OCH3 is 1. The number of amidine groups is 1. The molecule has 0 aliphatic carbocycles. The van der Waals surface area contributed by atoms with E-state index in [1.807, 2.05) is 60.7 Å². The Morgan fingerprint density at radius 3 is 2.56 bits per heavy atom. The van der Waals surface area contributed by atoms with Gasteiger partial charge in [0.05, 0.1) is 17.7 Å². The number of benzene rings is 2. The molecule has 3 rings (SSSR count). The van der Waals surface area contributed by atoms with Crippen LogP contribution in [0.2, 0.25) is 0 Å². The van der Waals surface area contributed by atoms with E-state index in [0.717, 1.165) is 28.6 Å². The van der Waals surface area contributed by atoms with E-state index in [4.69, 9.17) is 4.74 Å². The number of nitrogens with zero attached hydrogens (tertiary/aromatic N) is 2. The molecular formula is C20H20N2O2S. The van der Waals surface area contributed by atoms with Crippen molar-refractivity contribution in [3.05, 3.63) is 65.1 Å². The summed E-state index contributed by atoms with van der Waals surface area (Å²) < 4.78 is 5.38. The monoisotopic (exact) mass is 352 g/mol. The molecule has 1 fully saturated rings. The van der Waals surface area contributed by atoms with E-state index in [0.29, 0.717) is 11.4 Å². The molecule has 1 amide bonds. The maximum absolute atomic E-state index is 12.8. The second kappa shape index (κ2) is 8.03. The Morgan fingerprint density at radius 1 is 1.12 bits per heavy atom. The zero-order valence-electron chi connectivity index (χ0n) is 14.3. The first-order valence-corrected chi connectivity index (χ1v) is 9.02. The third-order valence-electron chi connectivity index (χ3n) is 3.74. The Morgan fingerprint density at radius 2 is 1.84 bits per heavy atom. The Balaban J connectivity index is 1.96. The lowest BCUT2D eigenvalue weighted by molar-refractivity contribution is -0.122. The summed E-state index contributed by atoms with van der Waals surface area (Å²) >= 11 is 1.41. The molecule has 1 aliphatic rings. The molecule has 25 heavy (non-hydrogen) atoms. The number of ether oxygens (including phenoxy) is 1. The molecular weight excluding hydrogens is 332 g/mol. The van der Waals surface area contributed by atoms with Gasteiger partial charge in [0.1, 0.15) is 5.75 Å². The molecule has 1 saturated heterocycles. The maximum Gasteiger partial charge on any atom is 0.266 e. The quantitative estimate of drug-likeness (QED) is 0.732. The second-order valence-electron chi connectivity index (χ2n) is 5.54. The highest BCUT2D eigenvalue weighted by molar-refractivity contribution is 8.18. The summed E-state index contributed by atoms with van der Waals surface area (Å²) in [5.41, 5.74) is 1.73. The van der Waals surface area contributed by atoms with E-state index in [1.165, 1.54) is 11.8 Å². The summed E-state index contributed by atoms with van der Waals surface area (Å²) in [6.45, 7) is 2.71. The van der Waals surface area contributed by atoms with Crippen molar-refractivity contribution < 1.29 is 9.53 Å². The normalized spacial score (nSPS) is 17.5. The highest BCUT2D eigenvalue weighted by Gasteiger charge is 2.32. The van der Waals surface area contributed by atoms with Crippen LogP contribution < -0.4 is 4.74 Å².